The van der Waals surface area contributed by atoms with Gasteiger partial charge in [-0.3, -0.25) is 9.78 Å². The first-order valence-electron chi connectivity index (χ1n) is 4.44. The molecule has 2 rings (SSSR count). The van der Waals surface area contributed by atoms with Crippen molar-refractivity contribution in [2.75, 3.05) is 6.54 Å². The summed E-state index contributed by atoms with van der Waals surface area (Å²) in [6, 6.07) is 0. The van der Waals surface area contributed by atoms with Gasteiger partial charge < -0.3 is 5.32 Å². The average molecular weight is 196 g/mol. The molecule has 0 spiro atoms. The largest absolute Gasteiger partial charge is 0.351 e. The summed E-state index contributed by atoms with van der Waals surface area (Å²) in [6.07, 6.45) is 2.86. The van der Waals surface area contributed by atoms with Gasteiger partial charge in [-0.25, -0.2) is 0 Å². The third kappa shape index (κ3) is 2.06. The molecule has 0 radical (unpaired) electrons. The van der Waals surface area contributed by atoms with Crippen LogP contribution in [0.2, 0.25) is 0 Å². The summed E-state index contributed by atoms with van der Waals surface area (Å²) < 4.78 is 0. The van der Waals surface area contributed by atoms with Crippen LogP contribution in [0.15, 0.2) is 11.7 Å². The van der Waals surface area contributed by atoms with E-state index in [2.05, 4.69) is 17.2 Å². The highest BCUT2D eigenvalue weighted by Gasteiger charge is 2.32. The monoisotopic (exact) mass is 196 g/mol. The number of nitrogens with zero attached hydrogens (tertiary/aromatic N) is 1. The number of aromatic nitrogens is 1. The Labute approximate surface area is 81.2 Å². The molecule has 1 amide bonds. The molecule has 2 unspecified atom stereocenters. The Hall–Kier alpha value is -0.900. The Balaban J connectivity index is 1.79. The Bertz CT molecular complexity index is 297. The third-order valence-corrected chi connectivity index (χ3v) is 3.23. The van der Waals surface area contributed by atoms with Gasteiger partial charge in [0.1, 0.15) is 4.88 Å². The molecule has 0 bridgehead atoms. The van der Waals surface area contributed by atoms with Crippen molar-refractivity contribution in [3.8, 4) is 0 Å². The fourth-order valence-electron chi connectivity index (χ4n) is 1.32. The van der Waals surface area contributed by atoms with Gasteiger partial charge in [-0.05, 0) is 18.3 Å². The van der Waals surface area contributed by atoms with Crippen molar-refractivity contribution in [2.45, 2.75) is 13.3 Å². The van der Waals surface area contributed by atoms with Gasteiger partial charge >= 0.3 is 0 Å². The molecule has 1 saturated carbocycles. The van der Waals surface area contributed by atoms with Gasteiger partial charge in [0.05, 0.1) is 11.7 Å². The molecule has 1 aliphatic carbocycles. The molecule has 0 saturated heterocycles. The first-order chi connectivity index (χ1) is 6.27. The normalized spacial score (nSPS) is 25.6. The Morgan fingerprint density at radius 2 is 2.62 bits per heavy atom. The summed E-state index contributed by atoms with van der Waals surface area (Å²) in [6.45, 7) is 3.03. The maximum Gasteiger partial charge on any atom is 0.263 e. The summed E-state index contributed by atoms with van der Waals surface area (Å²) >= 11 is 1.38. The van der Waals surface area contributed by atoms with Gasteiger partial charge in [0.15, 0.2) is 0 Å². The van der Waals surface area contributed by atoms with Crippen LogP contribution in [0, 0.1) is 11.8 Å². The van der Waals surface area contributed by atoms with Crippen LogP contribution in [0.4, 0.5) is 0 Å². The van der Waals surface area contributed by atoms with Crippen LogP contribution < -0.4 is 5.32 Å². The van der Waals surface area contributed by atoms with Gasteiger partial charge in [0.2, 0.25) is 0 Å². The molecule has 1 fully saturated rings. The maximum atomic E-state index is 11.4. The third-order valence-electron chi connectivity index (χ3n) is 2.46. The summed E-state index contributed by atoms with van der Waals surface area (Å²) in [7, 11) is 0. The van der Waals surface area contributed by atoms with E-state index in [-0.39, 0.29) is 5.91 Å². The van der Waals surface area contributed by atoms with Crippen molar-refractivity contribution in [3.63, 3.8) is 0 Å². The van der Waals surface area contributed by atoms with Crippen molar-refractivity contribution in [3.05, 3.63) is 16.6 Å². The number of amides is 1. The van der Waals surface area contributed by atoms with Crippen LogP contribution in [0.3, 0.4) is 0 Å². The van der Waals surface area contributed by atoms with E-state index in [0.29, 0.717) is 10.8 Å². The van der Waals surface area contributed by atoms with E-state index in [1.807, 2.05) is 0 Å². The lowest BCUT2D eigenvalue weighted by molar-refractivity contribution is 0.0955. The Morgan fingerprint density at radius 3 is 3.15 bits per heavy atom. The maximum absolute atomic E-state index is 11.4. The SMILES string of the molecule is CC1CC1CNC(=O)c1cncs1. The lowest BCUT2D eigenvalue weighted by atomic mass is 10.3. The molecule has 4 heteroatoms. The molecule has 13 heavy (non-hydrogen) atoms. The van der Waals surface area contributed by atoms with E-state index in [4.69, 9.17) is 0 Å². The summed E-state index contributed by atoms with van der Waals surface area (Å²) in [5, 5.41) is 2.91. The second-order valence-corrected chi connectivity index (χ2v) is 4.44. The summed E-state index contributed by atoms with van der Waals surface area (Å²) in [4.78, 5) is 16.0. The molecular formula is C9H12N2OS. The fourth-order valence-corrected chi connectivity index (χ4v) is 1.86. The highest BCUT2D eigenvalue weighted by Crippen LogP contribution is 2.36. The van der Waals surface area contributed by atoms with Gasteiger partial charge in [0, 0.05) is 6.54 Å². The summed E-state index contributed by atoms with van der Waals surface area (Å²) in [5.41, 5.74) is 1.68. The molecule has 1 heterocycles. The first kappa shape index (κ1) is 8.69. The lowest BCUT2D eigenvalue weighted by Crippen LogP contribution is -2.25. The number of hydrogen-bond acceptors (Lipinski definition) is 3. The number of nitrogens with one attached hydrogen (secondary N) is 1. The van der Waals surface area contributed by atoms with Crippen molar-refractivity contribution >= 4 is 17.2 Å². The molecule has 1 aliphatic rings. The Morgan fingerprint density at radius 1 is 1.85 bits per heavy atom. The zero-order valence-corrected chi connectivity index (χ0v) is 8.30. The van der Waals surface area contributed by atoms with Crippen LogP contribution in [0.5, 0.6) is 0 Å². The van der Waals surface area contributed by atoms with Crippen LogP contribution >= 0.6 is 11.3 Å². The van der Waals surface area contributed by atoms with E-state index < -0.39 is 0 Å². The second kappa shape index (κ2) is 3.46. The van der Waals surface area contributed by atoms with Crippen LogP contribution in [-0.2, 0) is 0 Å². The molecule has 70 valence electrons. The molecule has 1 aromatic heterocycles. The van der Waals surface area contributed by atoms with Crippen molar-refractivity contribution in [1.29, 1.82) is 0 Å². The number of rotatable bonds is 3. The highest BCUT2D eigenvalue weighted by atomic mass is 32.1. The minimum atomic E-state index is 0.0154. The van der Waals surface area contributed by atoms with Crippen LogP contribution in [-0.4, -0.2) is 17.4 Å². The van der Waals surface area contributed by atoms with Gasteiger partial charge in [0.25, 0.3) is 5.91 Å². The van der Waals surface area contributed by atoms with Crippen LogP contribution in [0.1, 0.15) is 23.0 Å². The molecule has 0 aliphatic heterocycles. The zero-order valence-electron chi connectivity index (χ0n) is 7.49. The average Bonchev–Trinajstić information content (AvgIpc) is 2.67. The predicted molar refractivity (Wildman–Crippen MR) is 51.7 cm³/mol. The van der Waals surface area contributed by atoms with Crippen molar-refractivity contribution in [2.24, 2.45) is 11.8 Å². The highest BCUT2D eigenvalue weighted by molar-refractivity contribution is 7.11. The number of thiazole rings is 1. The Kier molecular flexibility index (Phi) is 2.31. The lowest BCUT2D eigenvalue weighted by Gasteiger charge is -2.00. The van der Waals surface area contributed by atoms with E-state index in [1.165, 1.54) is 17.8 Å². The van der Waals surface area contributed by atoms with E-state index in [1.54, 1.807) is 11.7 Å². The number of carbonyl (C=O) groups excluding carboxylic acids is 1. The van der Waals surface area contributed by atoms with E-state index >= 15 is 0 Å². The number of hydrogen-bond donors (Lipinski definition) is 1. The minimum absolute atomic E-state index is 0.0154. The predicted octanol–water partition coefficient (Wildman–Crippen LogP) is 1.53. The van der Waals surface area contributed by atoms with Gasteiger partial charge in [-0.2, -0.15) is 0 Å². The fraction of sp³-hybridized carbons (Fsp3) is 0.556. The first-order valence-corrected chi connectivity index (χ1v) is 5.32. The molecule has 2 atom stereocenters. The van der Waals surface area contributed by atoms with Gasteiger partial charge in [-0.1, -0.05) is 6.92 Å². The van der Waals surface area contributed by atoms with E-state index in [0.717, 1.165) is 12.5 Å². The minimum Gasteiger partial charge on any atom is -0.351 e. The smallest absolute Gasteiger partial charge is 0.263 e. The molecule has 1 aromatic rings. The second-order valence-electron chi connectivity index (χ2n) is 3.55. The van der Waals surface area contributed by atoms with E-state index in [9.17, 15) is 4.79 Å². The topological polar surface area (TPSA) is 42.0 Å². The van der Waals surface area contributed by atoms with Crippen LogP contribution in [0.25, 0.3) is 0 Å². The molecule has 3 nitrogen and oxygen atoms in total. The summed E-state index contributed by atoms with van der Waals surface area (Å²) in [5.74, 6) is 1.51. The molecular weight excluding hydrogens is 184 g/mol. The molecule has 0 aromatic carbocycles. The zero-order chi connectivity index (χ0) is 9.26. The standard InChI is InChI=1S/C9H12N2OS/c1-6-2-7(6)3-11-9(12)8-4-10-5-13-8/h4-7H,2-3H2,1H3,(H,11,12). The quantitative estimate of drug-likeness (QED) is 0.796. The number of carbonyl (C=O) groups is 1. The van der Waals surface area contributed by atoms with Gasteiger partial charge in [-0.15, -0.1) is 11.3 Å². The van der Waals surface area contributed by atoms with Crippen molar-refractivity contribution < 1.29 is 4.79 Å². The molecule has 1 N–H and O–H groups in total. The van der Waals surface area contributed by atoms with Crippen molar-refractivity contribution in [1.82, 2.24) is 10.3 Å².